The Kier molecular flexibility index (Phi) is 10.1. The molecule has 3 rings (SSSR count). The summed E-state index contributed by atoms with van der Waals surface area (Å²) in [6.45, 7) is 8.86. The number of nitrogens with zero attached hydrogens (tertiary/aromatic N) is 3. The molecule has 2 N–H and O–H groups in total. The maximum absolute atomic E-state index is 11.9. The molecule has 2 atom stereocenters. The Bertz CT molecular complexity index is 983. The van der Waals surface area contributed by atoms with E-state index in [9.17, 15) is 5.21 Å². The van der Waals surface area contributed by atoms with Crippen LogP contribution in [0.1, 0.15) is 50.7 Å². The highest BCUT2D eigenvalue weighted by Crippen LogP contribution is 2.25. The van der Waals surface area contributed by atoms with Gasteiger partial charge in [0.2, 0.25) is 5.88 Å². The van der Waals surface area contributed by atoms with E-state index < -0.39 is 0 Å². The quantitative estimate of drug-likeness (QED) is 0.199. The summed E-state index contributed by atoms with van der Waals surface area (Å²) in [7, 11) is 0. The van der Waals surface area contributed by atoms with E-state index >= 15 is 0 Å². The molecule has 34 heavy (non-hydrogen) atoms. The molecule has 2 aromatic rings. The molecule has 0 saturated carbocycles. The third kappa shape index (κ3) is 8.01. The van der Waals surface area contributed by atoms with Gasteiger partial charge in [-0.15, -0.1) is 0 Å². The van der Waals surface area contributed by atoms with E-state index in [1.165, 1.54) is 5.56 Å². The number of hydroxylamine groups is 2. The second-order valence-electron chi connectivity index (χ2n) is 8.56. The van der Waals surface area contributed by atoms with Crippen molar-refractivity contribution >= 4 is 17.7 Å². The minimum atomic E-state index is -0.0503. The minimum absolute atomic E-state index is 0.0503. The molecule has 1 aliphatic rings. The molecule has 0 radical (unpaired) electrons. The fourth-order valence-electron chi connectivity index (χ4n) is 3.92. The number of benzene rings is 1. The number of ether oxygens (including phenoxy) is 1. The van der Waals surface area contributed by atoms with Crippen molar-refractivity contribution in [3.8, 4) is 5.88 Å². The molecule has 0 fully saturated rings. The van der Waals surface area contributed by atoms with Crippen molar-refractivity contribution < 1.29 is 9.80 Å². The van der Waals surface area contributed by atoms with E-state index in [4.69, 9.17) is 4.74 Å². The SMILES string of the molecule is CCCN(CCC)c1cc(N/N=C/c2cccc(C)c2)nc(OCCCC2C=CC=C[NH+]2[O-])c1. The Balaban J connectivity index is 1.68. The Hall–Kier alpha value is -3.16. The minimum Gasteiger partial charge on any atom is -0.629 e. The van der Waals surface area contributed by atoms with Gasteiger partial charge in [-0.2, -0.15) is 10.1 Å². The number of rotatable bonds is 13. The Morgan fingerprint density at radius 3 is 2.74 bits per heavy atom. The number of aryl methyl sites for hydroxylation is 1. The highest BCUT2D eigenvalue weighted by atomic mass is 16.5. The molecule has 2 heterocycles. The highest BCUT2D eigenvalue weighted by molar-refractivity contribution is 5.80. The molecular weight excluding hydrogens is 426 g/mol. The highest BCUT2D eigenvalue weighted by Gasteiger charge is 2.13. The molecule has 0 aliphatic carbocycles. The zero-order valence-corrected chi connectivity index (χ0v) is 20.5. The van der Waals surface area contributed by atoms with Gasteiger partial charge in [-0.1, -0.05) is 49.8 Å². The largest absolute Gasteiger partial charge is 0.629 e. The van der Waals surface area contributed by atoms with Crippen LogP contribution in [-0.4, -0.2) is 36.9 Å². The van der Waals surface area contributed by atoms with Gasteiger partial charge < -0.3 is 19.9 Å². The Labute approximate surface area is 203 Å². The van der Waals surface area contributed by atoms with Crippen molar-refractivity contribution in [1.82, 2.24) is 4.98 Å². The number of quaternary nitrogens is 1. The summed E-state index contributed by atoms with van der Waals surface area (Å²) in [5.74, 6) is 1.21. The van der Waals surface area contributed by atoms with Gasteiger partial charge in [-0.3, -0.25) is 5.43 Å². The first-order chi connectivity index (χ1) is 16.6. The maximum atomic E-state index is 11.9. The van der Waals surface area contributed by atoms with Gasteiger partial charge >= 0.3 is 0 Å². The van der Waals surface area contributed by atoms with Crippen LogP contribution < -0.4 is 20.1 Å². The fraction of sp³-hybridized carbons (Fsp3) is 0.407. The fourth-order valence-corrected chi connectivity index (χ4v) is 3.92. The first-order valence-electron chi connectivity index (χ1n) is 12.2. The van der Waals surface area contributed by atoms with Crippen LogP contribution in [0.2, 0.25) is 0 Å². The van der Waals surface area contributed by atoms with Crippen molar-refractivity contribution in [3.63, 3.8) is 0 Å². The number of hydrogen-bond acceptors (Lipinski definition) is 6. The smallest absolute Gasteiger partial charge is 0.217 e. The van der Waals surface area contributed by atoms with Crippen LogP contribution in [0.3, 0.4) is 0 Å². The molecule has 0 amide bonds. The van der Waals surface area contributed by atoms with Crippen LogP contribution in [0, 0.1) is 12.1 Å². The number of anilines is 2. The van der Waals surface area contributed by atoms with Crippen LogP contribution in [0.4, 0.5) is 11.5 Å². The number of hydrogen-bond donors (Lipinski definition) is 2. The van der Waals surface area contributed by atoms with Gasteiger partial charge in [0.25, 0.3) is 0 Å². The number of aromatic nitrogens is 1. The molecule has 1 aromatic heterocycles. The van der Waals surface area contributed by atoms with Crippen molar-refractivity contribution in [2.75, 3.05) is 30.0 Å². The topological polar surface area (TPSA) is 77.2 Å². The van der Waals surface area contributed by atoms with Crippen LogP contribution in [0.5, 0.6) is 5.88 Å². The predicted molar refractivity (Wildman–Crippen MR) is 141 cm³/mol. The average molecular weight is 464 g/mol. The van der Waals surface area contributed by atoms with Gasteiger partial charge in [0.1, 0.15) is 6.04 Å². The molecular formula is C27H37N5O2. The molecule has 7 heteroatoms. The van der Waals surface area contributed by atoms with Crippen LogP contribution >= 0.6 is 0 Å². The average Bonchev–Trinajstić information content (AvgIpc) is 2.83. The molecule has 0 saturated heterocycles. The Morgan fingerprint density at radius 1 is 1.18 bits per heavy atom. The lowest BCUT2D eigenvalue weighted by molar-refractivity contribution is -0.814. The summed E-state index contributed by atoms with van der Waals surface area (Å²) in [5, 5.41) is 16.5. The van der Waals surface area contributed by atoms with E-state index in [0.29, 0.717) is 18.3 Å². The van der Waals surface area contributed by atoms with Gasteiger partial charge in [-0.05, 0) is 43.9 Å². The number of pyridine rings is 1. The normalized spacial score (nSPS) is 17.3. The first-order valence-corrected chi connectivity index (χ1v) is 12.2. The number of hydrazone groups is 1. The second kappa shape index (κ2) is 13.5. The van der Waals surface area contributed by atoms with Gasteiger partial charge in [0.05, 0.1) is 19.0 Å². The van der Waals surface area contributed by atoms with Crippen molar-refractivity contribution in [2.45, 2.75) is 52.5 Å². The number of allylic oxidation sites excluding steroid dienone is 2. The summed E-state index contributed by atoms with van der Waals surface area (Å²) in [6, 6.07) is 12.1. The molecule has 7 nitrogen and oxygen atoms in total. The van der Waals surface area contributed by atoms with Gasteiger partial charge in [-0.25, -0.2) is 0 Å². The zero-order chi connectivity index (χ0) is 24.2. The van der Waals surface area contributed by atoms with E-state index in [1.54, 1.807) is 18.5 Å². The summed E-state index contributed by atoms with van der Waals surface area (Å²) in [6.07, 6.45) is 12.8. The molecule has 1 aromatic carbocycles. The molecule has 0 spiro atoms. The zero-order valence-electron chi connectivity index (χ0n) is 20.5. The van der Waals surface area contributed by atoms with Gasteiger partial charge in [0, 0.05) is 37.3 Å². The van der Waals surface area contributed by atoms with E-state index in [0.717, 1.165) is 50.0 Å². The van der Waals surface area contributed by atoms with Gasteiger partial charge in [0.15, 0.2) is 5.82 Å². The third-order valence-electron chi connectivity index (χ3n) is 5.56. The lowest BCUT2D eigenvalue weighted by Gasteiger charge is -2.27. The third-order valence-corrected chi connectivity index (χ3v) is 5.56. The van der Waals surface area contributed by atoms with Crippen LogP contribution in [0.25, 0.3) is 0 Å². The second-order valence-corrected chi connectivity index (χ2v) is 8.56. The predicted octanol–water partition coefficient (Wildman–Crippen LogP) is 4.46. The van der Waals surface area contributed by atoms with E-state index in [1.807, 2.05) is 36.4 Å². The van der Waals surface area contributed by atoms with Crippen molar-refractivity contribution in [3.05, 3.63) is 77.2 Å². The first kappa shape index (κ1) is 25.5. The summed E-state index contributed by atoms with van der Waals surface area (Å²) >= 11 is 0. The Morgan fingerprint density at radius 2 is 2.00 bits per heavy atom. The van der Waals surface area contributed by atoms with Crippen molar-refractivity contribution in [2.24, 2.45) is 5.10 Å². The van der Waals surface area contributed by atoms with Crippen molar-refractivity contribution in [1.29, 1.82) is 0 Å². The van der Waals surface area contributed by atoms with Crippen LogP contribution in [0.15, 0.2) is 65.9 Å². The van der Waals surface area contributed by atoms with E-state index in [2.05, 4.69) is 53.3 Å². The van der Waals surface area contributed by atoms with E-state index in [-0.39, 0.29) is 11.1 Å². The lowest BCUT2D eigenvalue weighted by atomic mass is 10.1. The summed E-state index contributed by atoms with van der Waals surface area (Å²) in [4.78, 5) is 6.97. The van der Waals surface area contributed by atoms with Crippen LogP contribution in [-0.2, 0) is 0 Å². The number of nitrogens with one attached hydrogen (secondary N) is 2. The monoisotopic (exact) mass is 463 g/mol. The lowest BCUT2D eigenvalue weighted by Crippen LogP contribution is -3.06. The maximum Gasteiger partial charge on any atom is 0.217 e. The summed E-state index contributed by atoms with van der Waals surface area (Å²) in [5.41, 5.74) is 6.36. The summed E-state index contributed by atoms with van der Waals surface area (Å²) < 4.78 is 6.02. The molecule has 182 valence electrons. The molecule has 1 aliphatic heterocycles. The standard InChI is InChI=1S/C27H37N5O2/c1-4-14-31(15-5-2)25-19-26(30-28-21-23-11-8-10-22(3)18-23)29-27(20-25)34-17-9-13-24-12-6-7-16-32(24)33/h6-8,10-12,16,18-21,24,32H,4-5,9,13-15,17H2,1-3H3,(H,29,30)/b28-21+. The molecule has 0 bridgehead atoms. The molecule has 2 unspecified atom stereocenters.